The molecule has 0 saturated carbocycles. The lowest BCUT2D eigenvalue weighted by atomic mass is 9.95. The van der Waals surface area contributed by atoms with Crippen molar-refractivity contribution >= 4 is 17.9 Å². The van der Waals surface area contributed by atoms with Gasteiger partial charge in [-0.15, -0.1) is 6.42 Å². The van der Waals surface area contributed by atoms with Crippen LogP contribution < -0.4 is 10.6 Å². The Bertz CT molecular complexity index is 894. The molecule has 7 heteroatoms. The summed E-state index contributed by atoms with van der Waals surface area (Å²) in [6.07, 6.45) is 5.44. The van der Waals surface area contributed by atoms with Crippen LogP contribution >= 0.6 is 0 Å². The van der Waals surface area contributed by atoms with Gasteiger partial charge in [0.05, 0.1) is 0 Å². The van der Waals surface area contributed by atoms with Crippen molar-refractivity contribution in [3.63, 3.8) is 0 Å². The average molecular weight is 472 g/mol. The molecular weight excluding hydrogens is 430 g/mol. The summed E-state index contributed by atoms with van der Waals surface area (Å²) in [5.41, 5.74) is 0.384. The summed E-state index contributed by atoms with van der Waals surface area (Å²) in [5.74, 6) is 2.04. The average Bonchev–Trinajstić information content (AvgIpc) is 2.68. The maximum absolute atomic E-state index is 14.0. The lowest BCUT2D eigenvalue weighted by Gasteiger charge is -2.38. The van der Waals surface area contributed by atoms with Gasteiger partial charge in [0.2, 0.25) is 11.8 Å². The highest BCUT2D eigenvalue weighted by Crippen LogP contribution is 2.28. The summed E-state index contributed by atoms with van der Waals surface area (Å²) in [4.78, 5) is 41.5. The van der Waals surface area contributed by atoms with E-state index in [4.69, 9.17) is 11.2 Å². The van der Waals surface area contributed by atoms with E-state index in [1.54, 1.807) is 45.0 Å². The highest BCUT2D eigenvalue weighted by molar-refractivity contribution is 5.92. The number of benzene rings is 1. The number of carbonyl (C=O) groups is 3. The predicted molar refractivity (Wildman–Crippen MR) is 135 cm³/mol. The van der Waals surface area contributed by atoms with Gasteiger partial charge in [0.1, 0.15) is 17.7 Å². The second kappa shape index (κ2) is 12.5. The number of ether oxygens (including phenoxy) is 1. The number of amides is 3. The molecule has 2 unspecified atom stereocenters. The van der Waals surface area contributed by atoms with Gasteiger partial charge in [-0.05, 0) is 72.4 Å². The topological polar surface area (TPSA) is 87.7 Å². The number of nitrogens with zero attached hydrogens (tertiary/aromatic N) is 1. The van der Waals surface area contributed by atoms with Crippen molar-refractivity contribution in [2.75, 3.05) is 0 Å². The van der Waals surface area contributed by atoms with E-state index in [1.165, 1.54) is 4.90 Å². The maximum Gasteiger partial charge on any atom is 0.408 e. The van der Waals surface area contributed by atoms with Gasteiger partial charge in [-0.2, -0.15) is 0 Å². The van der Waals surface area contributed by atoms with Crippen LogP contribution in [0.1, 0.15) is 85.9 Å². The third-order valence-corrected chi connectivity index (χ3v) is 4.88. The number of hydrogen-bond acceptors (Lipinski definition) is 4. The summed E-state index contributed by atoms with van der Waals surface area (Å²) in [6, 6.07) is 4.78. The summed E-state index contributed by atoms with van der Waals surface area (Å²) in [5, 5.41) is 5.65. The van der Waals surface area contributed by atoms with E-state index in [-0.39, 0.29) is 29.8 Å². The first-order chi connectivity index (χ1) is 15.7. The molecule has 0 heterocycles. The molecule has 1 aromatic rings. The fourth-order valence-corrected chi connectivity index (χ4v) is 3.65. The smallest absolute Gasteiger partial charge is 0.408 e. The van der Waals surface area contributed by atoms with Crippen LogP contribution in [0.2, 0.25) is 0 Å². The molecule has 0 aromatic heterocycles. The van der Waals surface area contributed by atoms with E-state index in [0.29, 0.717) is 17.5 Å². The van der Waals surface area contributed by atoms with Gasteiger partial charge < -0.3 is 20.3 Å². The minimum atomic E-state index is -0.961. The molecule has 1 rings (SSSR count). The van der Waals surface area contributed by atoms with E-state index < -0.39 is 23.8 Å². The van der Waals surface area contributed by atoms with Crippen molar-refractivity contribution in [3.05, 3.63) is 35.4 Å². The van der Waals surface area contributed by atoms with Crippen LogP contribution in [-0.2, 0) is 14.3 Å². The first kappa shape index (κ1) is 29.0. The van der Waals surface area contributed by atoms with Gasteiger partial charge >= 0.3 is 6.09 Å². The number of terminal acetylenes is 1. The second-order valence-electron chi connectivity index (χ2n) is 10.5. The van der Waals surface area contributed by atoms with Crippen LogP contribution in [0.3, 0.4) is 0 Å². The fraction of sp³-hybridized carbons (Fsp3) is 0.593. The molecule has 0 aliphatic rings. The van der Waals surface area contributed by atoms with Gasteiger partial charge in [-0.1, -0.05) is 38.0 Å². The lowest BCUT2D eigenvalue weighted by Crippen LogP contribution is -2.55. The Morgan fingerprint density at radius 1 is 1.03 bits per heavy atom. The predicted octanol–water partition coefficient (Wildman–Crippen LogP) is 4.41. The van der Waals surface area contributed by atoms with Crippen molar-refractivity contribution in [2.45, 2.75) is 98.5 Å². The van der Waals surface area contributed by atoms with Gasteiger partial charge in [0.25, 0.3) is 0 Å². The molecule has 1 aromatic carbocycles. The number of nitrogens with one attached hydrogen (secondary N) is 2. The number of hydrogen-bond donors (Lipinski definition) is 2. The molecule has 0 aliphatic heterocycles. The normalized spacial score (nSPS) is 13.3. The molecule has 2 atom stereocenters. The molecule has 0 spiro atoms. The van der Waals surface area contributed by atoms with Crippen LogP contribution in [0.25, 0.3) is 0 Å². The molecule has 2 N–H and O–H groups in total. The van der Waals surface area contributed by atoms with Crippen molar-refractivity contribution in [2.24, 2.45) is 5.92 Å². The van der Waals surface area contributed by atoms with Gasteiger partial charge in [0.15, 0.2) is 0 Å². The van der Waals surface area contributed by atoms with E-state index in [2.05, 4.69) is 16.6 Å². The summed E-state index contributed by atoms with van der Waals surface area (Å²) >= 11 is 0. The number of rotatable bonds is 9. The molecule has 0 saturated heterocycles. The zero-order valence-corrected chi connectivity index (χ0v) is 22.1. The Balaban J connectivity index is 3.54. The molecule has 0 radical (unpaired) electrons. The summed E-state index contributed by atoms with van der Waals surface area (Å²) in [7, 11) is 0. The van der Waals surface area contributed by atoms with E-state index in [9.17, 15) is 14.4 Å². The monoisotopic (exact) mass is 471 g/mol. The van der Waals surface area contributed by atoms with E-state index >= 15 is 0 Å². The minimum absolute atomic E-state index is 0.110. The standard InChI is InChI=1S/C27H41N3O4/c1-11-20-14-12-13-15-21(20)23(24(31)28-18(4)5)30(19(6)7)25(32)22(16-17(2)3)29-26(33)34-27(8,9)10/h1,12-15,17-19,22-23H,16H2,2-10H3,(H,28,31)(H,29,33). The van der Waals surface area contributed by atoms with Crippen LogP contribution in [0.5, 0.6) is 0 Å². The van der Waals surface area contributed by atoms with Crippen LogP contribution in [-0.4, -0.2) is 46.5 Å². The molecule has 7 nitrogen and oxygen atoms in total. The number of carbonyl (C=O) groups excluding carboxylic acids is 3. The van der Waals surface area contributed by atoms with Crippen molar-refractivity contribution in [1.29, 1.82) is 0 Å². The Morgan fingerprint density at radius 2 is 1.62 bits per heavy atom. The molecule has 0 fully saturated rings. The lowest BCUT2D eigenvalue weighted by molar-refractivity contribution is -0.145. The quantitative estimate of drug-likeness (QED) is 0.522. The Hall–Kier alpha value is -3.01. The van der Waals surface area contributed by atoms with Gasteiger partial charge in [-0.3, -0.25) is 9.59 Å². The largest absolute Gasteiger partial charge is 0.444 e. The van der Waals surface area contributed by atoms with E-state index in [1.807, 2.05) is 41.5 Å². The highest BCUT2D eigenvalue weighted by Gasteiger charge is 2.38. The fourth-order valence-electron chi connectivity index (χ4n) is 3.65. The second-order valence-corrected chi connectivity index (χ2v) is 10.5. The van der Waals surface area contributed by atoms with Gasteiger partial charge in [0, 0.05) is 17.6 Å². The summed E-state index contributed by atoms with van der Waals surface area (Å²) < 4.78 is 5.40. The first-order valence-corrected chi connectivity index (χ1v) is 11.9. The van der Waals surface area contributed by atoms with Crippen LogP contribution in [0.15, 0.2) is 24.3 Å². The van der Waals surface area contributed by atoms with E-state index in [0.717, 1.165) is 0 Å². The Labute approximate surface area is 205 Å². The molecule has 0 aliphatic carbocycles. The zero-order valence-electron chi connectivity index (χ0n) is 22.1. The maximum atomic E-state index is 14.0. The minimum Gasteiger partial charge on any atom is -0.444 e. The third kappa shape index (κ3) is 8.74. The van der Waals surface area contributed by atoms with Gasteiger partial charge in [-0.25, -0.2) is 4.79 Å². The molecule has 0 bridgehead atoms. The number of alkyl carbamates (subject to hydrolysis) is 1. The zero-order chi connectivity index (χ0) is 26.2. The molecule has 188 valence electrons. The Kier molecular flexibility index (Phi) is 10.6. The van der Waals surface area contributed by atoms with Crippen LogP contribution in [0, 0.1) is 18.3 Å². The van der Waals surface area contributed by atoms with Crippen molar-refractivity contribution in [1.82, 2.24) is 15.5 Å². The highest BCUT2D eigenvalue weighted by atomic mass is 16.6. The summed E-state index contributed by atoms with van der Waals surface area (Å²) in [6.45, 7) is 16.6. The molecule has 34 heavy (non-hydrogen) atoms. The Morgan fingerprint density at radius 3 is 2.09 bits per heavy atom. The third-order valence-electron chi connectivity index (χ3n) is 4.88. The van der Waals surface area contributed by atoms with Crippen molar-refractivity contribution in [3.8, 4) is 12.3 Å². The van der Waals surface area contributed by atoms with Crippen LogP contribution in [0.4, 0.5) is 4.79 Å². The first-order valence-electron chi connectivity index (χ1n) is 11.9. The molecular formula is C27H41N3O4. The molecule has 3 amide bonds. The van der Waals surface area contributed by atoms with Crippen molar-refractivity contribution < 1.29 is 19.1 Å². The SMILES string of the molecule is C#Cc1ccccc1C(C(=O)NC(C)C)N(C(=O)C(CC(C)C)NC(=O)OC(C)(C)C)C(C)C.